The number of hydrogen-bond donors (Lipinski definition) is 1. The Balaban J connectivity index is 1.62. The van der Waals surface area contributed by atoms with Crippen LogP contribution in [0.1, 0.15) is 24.9 Å². The van der Waals surface area contributed by atoms with Crippen LogP contribution in [-0.4, -0.2) is 0 Å². The third-order valence-electron chi connectivity index (χ3n) is 5.58. The van der Waals surface area contributed by atoms with E-state index in [-0.39, 0.29) is 11.6 Å². The first-order valence-corrected chi connectivity index (χ1v) is 10.3. The first-order chi connectivity index (χ1) is 15.4. The van der Waals surface area contributed by atoms with Crippen molar-refractivity contribution in [2.45, 2.75) is 19.4 Å². The van der Waals surface area contributed by atoms with Gasteiger partial charge in [-0.1, -0.05) is 61.5 Å². The molecule has 0 radical (unpaired) electrons. The van der Waals surface area contributed by atoms with Gasteiger partial charge in [-0.3, -0.25) is 0 Å². The molecule has 0 aromatic heterocycles. The quantitative estimate of drug-likeness (QED) is 0.320. The van der Waals surface area contributed by atoms with Crippen molar-refractivity contribution in [1.82, 2.24) is 0 Å². The van der Waals surface area contributed by atoms with Gasteiger partial charge in [-0.15, -0.1) is 0 Å². The SMILES string of the molecule is CCC(N)c1ccc(-c2ccc(-c3cc(F)c(-c4ccc(F)c(F)c4)c(F)c3)cc2)cc1. The van der Waals surface area contributed by atoms with E-state index in [1.54, 1.807) is 12.1 Å². The summed E-state index contributed by atoms with van der Waals surface area (Å²) in [5.41, 5.74) is 9.62. The maximum atomic E-state index is 14.7. The molecule has 1 nitrogen and oxygen atoms in total. The highest BCUT2D eigenvalue weighted by Gasteiger charge is 2.16. The minimum absolute atomic E-state index is 0.00518. The highest BCUT2D eigenvalue weighted by atomic mass is 19.2. The Morgan fingerprint density at radius 3 is 1.50 bits per heavy atom. The van der Waals surface area contributed by atoms with Gasteiger partial charge in [0.05, 0.1) is 5.56 Å². The summed E-state index contributed by atoms with van der Waals surface area (Å²) in [6.07, 6.45) is 0.857. The molecule has 0 saturated heterocycles. The van der Waals surface area contributed by atoms with Gasteiger partial charge in [0.1, 0.15) is 11.6 Å². The van der Waals surface area contributed by atoms with E-state index in [1.807, 2.05) is 43.3 Å². The van der Waals surface area contributed by atoms with E-state index in [2.05, 4.69) is 0 Å². The minimum atomic E-state index is -1.16. The third kappa shape index (κ3) is 4.30. The van der Waals surface area contributed by atoms with Crippen LogP contribution in [0.15, 0.2) is 78.9 Å². The average molecular weight is 435 g/mol. The molecule has 0 heterocycles. The molecular weight excluding hydrogens is 414 g/mol. The van der Waals surface area contributed by atoms with Gasteiger partial charge in [-0.2, -0.15) is 0 Å². The molecule has 0 bridgehead atoms. The normalized spacial score (nSPS) is 12.1. The van der Waals surface area contributed by atoms with Crippen molar-refractivity contribution in [2.75, 3.05) is 0 Å². The zero-order chi connectivity index (χ0) is 22.8. The second-order valence-corrected chi connectivity index (χ2v) is 7.66. The van der Waals surface area contributed by atoms with E-state index < -0.39 is 28.8 Å². The van der Waals surface area contributed by atoms with E-state index in [9.17, 15) is 17.6 Å². The van der Waals surface area contributed by atoms with Crippen molar-refractivity contribution < 1.29 is 17.6 Å². The van der Waals surface area contributed by atoms with Crippen molar-refractivity contribution >= 4 is 0 Å². The number of benzene rings is 4. The fourth-order valence-corrected chi connectivity index (χ4v) is 3.68. The molecular formula is C27H21F4N. The standard InChI is InChI=1S/C27H21F4N/c1-2-26(32)19-9-7-17(8-10-19)16-3-5-18(6-4-16)21-14-24(30)27(25(31)15-21)20-11-12-22(28)23(29)13-20/h3-15,26H,2,32H2,1H3. The fraction of sp³-hybridized carbons (Fsp3) is 0.111. The van der Waals surface area contributed by atoms with Crippen LogP contribution in [-0.2, 0) is 0 Å². The predicted octanol–water partition coefficient (Wildman–Crippen LogP) is 7.65. The lowest BCUT2D eigenvalue weighted by atomic mass is 9.96. The summed E-state index contributed by atoms with van der Waals surface area (Å²) < 4.78 is 56.1. The molecule has 0 aliphatic heterocycles. The molecule has 4 aromatic carbocycles. The lowest BCUT2D eigenvalue weighted by Crippen LogP contribution is -2.07. The van der Waals surface area contributed by atoms with Crippen molar-refractivity contribution in [1.29, 1.82) is 0 Å². The molecule has 0 aliphatic carbocycles. The number of rotatable bonds is 5. The smallest absolute Gasteiger partial charge is 0.159 e. The lowest BCUT2D eigenvalue weighted by molar-refractivity contribution is 0.508. The topological polar surface area (TPSA) is 26.0 Å². The van der Waals surface area contributed by atoms with E-state index in [0.717, 1.165) is 41.3 Å². The number of halogens is 4. The maximum absolute atomic E-state index is 14.7. The molecule has 2 N–H and O–H groups in total. The first kappa shape index (κ1) is 21.8. The van der Waals surface area contributed by atoms with Gasteiger partial charge in [-0.05, 0) is 64.1 Å². The van der Waals surface area contributed by atoms with Gasteiger partial charge in [-0.25, -0.2) is 17.6 Å². The summed E-state index contributed by atoms with van der Waals surface area (Å²) in [6.45, 7) is 2.04. The summed E-state index contributed by atoms with van der Waals surface area (Å²) >= 11 is 0. The molecule has 0 fully saturated rings. The zero-order valence-electron chi connectivity index (χ0n) is 17.4. The number of nitrogens with two attached hydrogens (primary N) is 1. The molecule has 32 heavy (non-hydrogen) atoms. The molecule has 0 amide bonds. The van der Waals surface area contributed by atoms with Gasteiger partial charge in [0, 0.05) is 6.04 Å². The van der Waals surface area contributed by atoms with Gasteiger partial charge in [0.15, 0.2) is 11.6 Å². The Morgan fingerprint density at radius 2 is 1.00 bits per heavy atom. The Hall–Kier alpha value is -3.44. The summed E-state index contributed by atoms with van der Waals surface area (Å²) in [4.78, 5) is 0. The summed E-state index contributed by atoms with van der Waals surface area (Å²) in [5.74, 6) is -3.93. The van der Waals surface area contributed by atoms with E-state index in [4.69, 9.17) is 5.73 Å². The highest BCUT2D eigenvalue weighted by Crippen LogP contribution is 2.33. The van der Waals surface area contributed by atoms with E-state index in [1.165, 1.54) is 12.1 Å². The van der Waals surface area contributed by atoms with Crippen molar-refractivity contribution in [3.8, 4) is 33.4 Å². The van der Waals surface area contributed by atoms with E-state index in [0.29, 0.717) is 11.1 Å². The van der Waals surface area contributed by atoms with Gasteiger partial charge >= 0.3 is 0 Å². The molecule has 0 spiro atoms. The first-order valence-electron chi connectivity index (χ1n) is 10.3. The summed E-state index contributed by atoms with van der Waals surface area (Å²) in [6, 6.07) is 20.5. The van der Waals surface area contributed by atoms with Crippen molar-refractivity contribution in [3.63, 3.8) is 0 Å². The summed E-state index contributed by atoms with van der Waals surface area (Å²) in [7, 11) is 0. The lowest BCUT2D eigenvalue weighted by Gasteiger charge is -2.11. The van der Waals surface area contributed by atoms with Crippen molar-refractivity contribution in [2.24, 2.45) is 5.73 Å². The third-order valence-corrected chi connectivity index (χ3v) is 5.58. The number of hydrogen-bond acceptors (Lipinski definition) is 1. The molecule has 5 heteroatoms. The van der Waals surface area contributed by atoms with Crippen LogP contribution in [0.25, 0.3) is 33.4 Å². The minimum Gasteiger partial charge on any atom is -0.324 e. The molecule has 1 atom stereocenters. The van der Waals surface area contributed by atoms with Crippen molar-refractivity contribution in [3.05, 3.63) is 108 Å². The average Bonchev–Trinajstić information content (AvgIpc) is 2.80. The molecule has 0 saturated carbocycles. The Morgan fingerprint density at radius 1 is 0.562 bits per heavy atom. The van der Waals surface area contributed by atoms with Crippen LogP contribution in [0.5, 0.6) is 0 Å². The van der Waals surface area contributed by atoms with Crippen LogP contribution in [0.4, 0.5) is 17.6 Å². The summed E-state index contributed by atoms with van der Waals surface area (Å²) in [5, 5.41) is 0. The maximum Gasteiger partial charge on any atom is 0.159 e. The Labute approximate surface area is 184 Å². The predicted molar refractivity (Wildman–Crippen MR) is 120 cm³/mol. The Kier molecular flexibility index (Phi) is 6.10. The Bertz CT molecular complexity index is 1220. The van der Waals surface area contributed by atoms with Crippen LogP contribution >= 0.6 is 0 Å². The second-order valence-electron chi connectivity index (χ2n) is 7.66. The molecule has 162 valence electrons. The molecule has 1 unspecified atom stereocenters. The van der Waals surface area contributed by atoms with Gasteiger partial charge in [0.2, 0.25) is 0 Å². The second kappa shape index (κ2) is 8.97. The monoisotopic (exact) mass is 435 g/mol. The highest BCUT2D eigenvalue weighted by molar-refractivity contribution is 5.74. The van der Waals surface area contributed by atoms with Crippen LogP contribution < -0.4 is 5.73 Å². The van der Waals surface area contributed by atoms with Gasteiger partial charge < -0.3 is 5.73 Å². The molecule has 4 rings (SSSR count). The van der Waals surface area contributed by atoms with E-state index >= 15 is 0 Å². The zero-order valence-corrected chi connectivity index (χ0v) is 17.4. The van der Waals surface area contributed by atoms with Gasteiger partial charge in [0.25, 0.3) is 0 Å². The molecule has 4 aromatic rings. The van der Waals surface area contributed by atoms with Crippen LogP contribution in [0, 0.1) is 23.3 Å². The van der Waals surface area contributed by atoms with Crippen LogP contribution in [0.2, 0.25) is 0 Å². The fourth-order valence-electron chi connectivity index (χ4n) is 3.68. The molecule has 0 aliphatic rings. The van der Waals surface area contributed by atoms with Crippen LogP contribution in [0.3, 0.4) is 0 Å². The largest absolute Gasteiger partial charge is 0.324 e.